The summed E-state index contributed by atoms with van der Waals surface area (Å²) in [5.41, 5.74) is 12.3. The van der Waals surface area contributed by atoms with Crippen LogP contribution < -0.4 is 10.5 Å². The van der Waals surface area contributed by atoms with Gasteiger partial charge < -0.3 is 10.5 Å². The van der Waals surface area contributed by atoms with Gasteiger partial charge >= 0.3 is 0 Å². The molecule has 3 aromatic rings. The Labute approximate surface area is 124 Å². The number of rotatable bonds is 2. The maximum atomic E-state index is 6.29. The van der Waals surface area contributed by atoms with E-state index in [1.54, 1.807) is 7.11 Å². The van der Waals surface area contributed by atoms with Gasteiger partial charge in [0.2, 0.25) is 0 Å². The molecule has 0 aliphatic rings. The van der Waals surface area contributed by atoms with Gasteiger partial charge in [0.15, 0.2) is 0 Å². The lowest BCUT2D eigenvalue weighted by Crippen LogP contribution is -1.97. The van der Waals surface area contributed by atoms with Crippen molar-refractivity contribution < 1.29 is 4.74 Å². The van der Waals surface area contributed by atoms with Crippen LogP contribution in [0.3, 0.4) is 0 Å². The van der Waals surface area contributed by atoms with E-state index < -0.39 is 0 Å². The Balaban J connectivity index is 2.32. The number of pyridine rings is 1. The molecule has 0 saturated carbocycles. The molecule has 0 atom stereocenters. The second kappa shape index (κ2) is 4.81. The summed E-state index contributed by atoms with van der Waals surface area (Å²) in [5, 5.41) is 0. The molecule has 0 aliphatic carbocycles. The van der Waals surface area contributed by atoms with Crippen molar-refractivity contribution in [2.24, 2.45) is 0 Å². The van der Waals surface area contributed by atoms with Crippen molar-refractivity contribution in [1.82, 2.24) is 9.38 Å². The highest BCUT2D eigenvalue weighted by atomic mass is 16.5. The highest BCUT2D eigenvalue weighted by Gasteiger charge is 2.17. The SMILES string of the molecule is COc1c(C)cc(C)cc1-c1nc2cc(C)ccn2c1N. The summed E-state index contributed by atoms with van der Waals surface area (Å²) < 4.78 is 7.46. The molecule has 3 rings (SSSR count). The first kappa shape index (κ1) is 13.5. The van der Waals surface area contributed by atoms with Crippen molar-refractivity contribution in [3.8, 4) is 17.0 Å². The van der Waals surface area contributed by atoms with Crippen LogP contribution in [0.1, 0.15) is 16.7 Å². The zero-order valence-corrected chi connectivity index (χ0v) is 12.8. The summed E-state index contributed by atoms with van der Waals surface area (Å²) >= 11 is 0. The number of aromatic nitrogens is 2. The molecule has 4 heteroatoms. The summed E-state index contributed by atoms with van der Waals surface area (Å²) in [6.45, 7) is 6.14. The average Bonchev–Trinajstić information content (AvgIpc) is 2.74. The molecule has 2 aromatic heterocycles. The lowest BCUT2D eigenvalue weighted by molar-refractivity contribution is 0.413. The number of benzene rings is 1. The van der Waals surface area contributed by atoms with E-state index in [0.717, 1.165) is 39.3 Å². The van der Waals surface area contributed by atoms with Gasteiger partial charge in [-0.25, -0.2) is 4.98 Å². The van der Waals surface area contributed by atoms with Crippen LogP contribution in [-0.4, -0.2) is 16.5 Å². The number of nitrogens with zero attached hydrogens (tertiary/aromatic N) is 2. The maximum Gasteiger partial charge on any atom is 0.139 e. The van der Waals surface area contributed by atoms with Crippen LogP contribution >= 0.6 is 0 Å². The smallest absolute Gasteiger partial charge is 0.139 e. The quantitative estimate of drug-likeness (QED) is 0.782. The molecule has 1 aromatic carbocycles. The highest BCUT2D eigenvalue weighted by molar-refractivity contribution is 5.80. The van der Waals surface area contributed by atoms with Crippen molar-refractivity contribution in [3.05, 3.63) is 47.2 Å². The van der Waals surface area contributed by atoms with Gasteiger partial charge in [0.1, 0.15) is 22.9 Å². The largest absolute Gasteiger partial charge is 0.496 e. The first-order valence-electron chi connectivity index (χ1n) is 6.91. The molecule has 0 amide bonds. The minimum absolute atomic E-state index is 0.633. The third-order valence-electron chi connectivity index (χ3n) is 3.70. The molecule has 0 unspecified atom stereocenters. The molecule has 0 fully saturated rings. The monoisotopic (exact) mass is 281 g/mol. The molecule has 2 N–H and O–H groups in total. The van der Waals surface area contributed by atoms with Gasteiger partial charge in [-0.05, 0) is 55.7 Å². The molecule has 0 bridgehead atoms. The molecular weight excluding hydrogens is 262 g/mol. The number of fused-ring (bicyclic) bond motifs is 1. The topological polar surface area (TPSA) is 52.5 Å². The molecule has 2 heterocycles. The van der Waals surface area contributed by atoms with E-state index in [2.05, 4.69) is 19.1 Å². The van der Waals surface area contributed by atoms with Gasteiger partial charge in [-0.2, -0.15) is 0 Å². The summed E-state index contributed by atoms with van der Waals surface area (Å²) in [5.74, 6) is 1.46. The van der Waals surface area contributed by atoms with Gasteiger partial charge in [0, 0.05) is 11.8 Å². The fraction of sp³-hybridized carbons (Fsp3) is 0.235. The number of anilines is 1. The third-order valence-corrected chi connectivity index (χ3v) is 3.70. The van der Waals surface area contributed by atoms with E-state index in [1.807, 2.05) is 36.6 Å². The van der Waals surface area contributed by atoms with Crippen LogP contribution in [-0.2, 0) is 0 Å². The number of nitrogens with two attached hydrogens (primary N) is 1. The molecule has 0 spiro atoms. The van der Waals surface area contributed by atoms with E-state index >= 15 is 0 Å². The highest BCUT2D eigenvalue weighted by Crippen LogP contribution is 2.36. The number of ether oxygens (including phenoxy) is 1. The van der Waals surface area contributed by atoms with Gasteiger partial charge in [-0.15, -0.1) is 0 Å². The van der Waals surface area contributed by atoms with Crippen molar-refractivity contribution in [2.75, 3.05) is 12.8 Å². The number of aryl methyl sites for hydroxylation is 3. The van der Waals surface area contributed by atoms with Crippen LogP contribution in [0.2, 0.25) is 0 Å². The van der Waals surface area contributed by atoms with Crippen LogP contribution in [0, 0.1) is 20.8 Å². The molecule has 21 heavy (non-hydrogen) atoms. The summed E-state index contributed by atoms with van der Waals surface area (Å²) in [6.07, 6.45) is 1.95. The molecule has 0 radical (unpaired) electrons. The van der Waals surface area contributed by atoms with Crippen molar-refractivity contribution in [2.45, 2.75) is 20.8 Å². The van der Waals surface area contributed by atoms with Crippen molar-refractivity contribution >= 4 is 11.5 Å². The van der Waals surface area contributed by atoms with Crippen molar-refractivity contribution in [3.63, 3.8) is 0 Å². The predicted molar refractivity (Wildman–Crippen MR) is 85.8 cm³/mol. The van der Waals surface area contributed by atoms with Gasteiger partial charge in [0.25, 0.3) is 0 Å². The Morgan fingerprint density at radius 3 is 2.57 bits per heavy atom. The van der Waals surface area contributed by atoms with E-state index in [-0.39, 0.29) is 0 Å². The molecule has 0 aliphatic heterocycles. The third kappa shape index (κ3) is 2.13. The van der Waals surface area contributed by atoms with Gasteiger partial charge in [-0.3, -0.25) is 4.40 Å². The van der Waals surface area contributed by atoms with Crippen LogP contribution in [0.5, 0.6) is 5.75 Å². The van der Waals surface area contributed by atoms with E-state index in [9.17, 15) is 0 Å². The summed E-state index contributed by atoms with van der Waals surface area (Å²) in [7, 11) is 1.68. The number of nitrogen functional groups attached to an aromatic ring is 1. The van der Waals surface area contributed by atoms with Gasteiger partial charge in [-0.1, -0.05) is 6.07 Å². The molecular formula is C17H19N3O. The first-order chi connectivity index (χ1) is 10.0. The number of hydrogen-bond donors (Lipinski definition) is 1. The van der Waals surface area contributed by atoms with E-state index in [0.29, 0.717) is 5.82 Å². The number of hydrogen-bond acceptors (Lipinski definition) is 3. The van der Waals surface area contributed by atoms with E-state index in [4.69, 9.17) is 15.5 Å². The minimum Gasteiger partial charge on any atom is -0.496 e. The van der Waals surface area contributed by atoms with E-state index in [1.165, 1.54) is 0 Å². The number of methoxy groups -OCH3 is 1. The fourth-order valence-electron chi connectivity index (χ4n) is 2.76. The first-order valence-corrected chi connectivity index (χ1v) is 6.91. The van der Waals surface area contributed by atoms with Crippen molar-refractivity contribution in [1.29, 1.82) is 0 Å². The Bertz CT molecular complexity index is 834. The Morgan fingerprint density at radius 1 is 1.10 bits per heavy atom. The maximum absolute atomic E-state index is 6.29. The zero-order chi connectivity index (χ0) is 15.1. The molecule has 4 nitrogen and oxygen atoms in total. The lowest BCUT2D eigenvalue weighted by atomic mass is 10.0. The van der Waals surface area contributed by atoms with Crippen LogP contribution in [0.4, 0.5) is 5.82 Å². The average molecular weight is 281 g/mol. The number of imidazole rings is 1. The molecule has 108 valence electrons. The predicted octanol–water partition coefficient (Wildman–Crippen LogP) is 3.52. The molecule has 0 saturated heterocycles. The Hall–Kier alpha value is -2.49. The van der Waals surface area contributed by atoms with Gasteiger partial charge in [0.05, 0.1) is 7.11 Å². The lowest BCUT2D eigenvalue weighted by Gasteiger charge is -2.11. The summed E-state index contributed by atoms with van der Waals surface area (Å²) in [6, 6.07) is 8.21. The zero-order valence-electron chi connectivity index (χ0n) is 12.8. The van der Waals surface area contributed by atoms with Crippen LogP contribution in [0.15, 0.2) is 30.5 Å². The second-order valence-electron chi connectivity index (χ2n) is 5.44. The minimum atomic E-state index is 0.633. The standard InChI is InChI=1S/C17H19N3O/c1-10-5-6-20-14(9-10)19-15(17(20)18)13-8-11(2)7-12(3)16(13)21-4/h5-9H,18H2,1-4H3. The summed E-state index contributed by atoms with van der Waals surface area (Å²) in [4.78, 5) is 4.69. The Kier molecular flexibility index (Phi) is 3.09. The second-order valence-corrected chi connectivity index (χ2v) is 5.44. The normalized spacial score (nSPS) is 11.0. The Morgan fingerprint density at radius 2 is 1.86 bits per heavy atom. The fourth-order valence-corrected chi connectivity index (χ4v) is 2.76. The van der Waals surface area contributed by atoms with Crippen LogP contribution in [0.25, 0.3) is 16.9 Å².